The Morgan fingerprint density at radius 1 is 0.686 bits per heavy atom. The van der Waals surface area contributed by atoms with Crippen molar-refractivity contribution in [3.63, 3.8) is 0 Å². The predicted molar refractivity (Wildman–Crippen MR) is 183 cm³/mol. The van der Waals surface area contributed by atoms with Gasteiger partial charge in [0.2, 0.25) is 0 Å². The summed E-state index contributed by atoms with van der Waals surface area (Å²) < 4.78 is 164. The van der Waals surface area contributed by atoms with Crippen molar-refractivity contribution in [3.05, 3.63) is 92.7 Å². The van der Waals surface area contributed by atoms with E-state index in [-0.39, 0.29) is 17.7 Å². The Hall–Kier alpha value is -2.46. The van der Waals surface area contributed by atoms with E-state index in [9.17, 15) is 22.0 Å². The van der Waals surface area contributed by atoms with E-state index in [0.29, 0.717) is 66.4 Å². The normalized spacial score (nSPS) is 22.8. The van der Waals surface area contributed by atoms with Crippen LogP contribution in [-0.2, 0) is 6.42 Å². The monoisotopic (exact) mass is 768 g/mol. The molecule has 0 nitrogen and oxygen atoms in total. The Kier molecular flexibility index (Phi) is 11.0. The lowest BCUT2D eigenvalue weighted by atomic mass is 9.75. The van der Waals surface area contributed by atoms with Crippen LogP contribution < -0.4 is 0 Å². The maximum absolute atomic E-state index is 16.9. The molecule has 0 saturated carbocycles. The fraction of sp³-hybridized carbons (Fsp3) is 0.526. The third-order valence-electron chi connectivity index (χ3n) is 10.3. The highest BCUT2D eigenvalue weighted by Crippen LogP contribution is 2.97. The van der Waals surface area contributed by atoms with Crippen molar-refractivity contribution < 1.29 is 48.3 Å². The van der Waals surface area contributed by atoms with Gasteiger partial charge in [-0.25, -0.2) is 0 Å². The summed E-state index contributed by atoms with van der Waals surface area (Å²) in [5, 5.41) is -0.342. The van der Waals surface area contributed by atoms with E-state index in [1.54, 1.807) is 42.6 Å². The molecule has 1 fully saturated rings. The molecule has 1 aliphatic heterocycles. The third-order valence-corrected chi connectivity index (χ3v) is 15.0. The first-order valence-electron chi connectivity index (χ1n) is 17.1. The lowest BCUT2D eigenvalue weighted by Gasteiger charge is -2.39. The minimum absolute atomic E-state index is 0.153. The molecule has 0 bridgehead atoms. The standard InChI is InChI=1S/C38H40F11PS/c1-5-8-13-21-33(30-28-19-12-11-18-26(28)27(15-7-3)29(30)25-17-10-9-16-24(25)14-6-2)32(31-23(4)20-22-51-31)50(33)38(48,49)36(43,44)34(39,40)35(41,42)37(45,46)47/h9-12,16-20,22,30,32H,5-8,13-15,21H2,1-4H3. The highest BCUT2D eigenvalue weighted by Gasteiger charge is 2.92. The molecule has 13 heteroatoms. The second-order valence-electron chi connectivity index (χ2n) is 13.5. The number of fused-ring (bicyclic) bond motifs is 1. The third kappa shape index (κ3) is 6.06. The minimum atomic E-state index is -7.45. The van der Waals surface area contributed by atoms with Crippen LogP contribution in [-0.4, -0.2) is 34.8 Å². The number of unbranched alkanes of at least 4 members (excludes halogenated alkanes) is 2. The van der Waals surface area contributed by atoms with E-state index in [1.807, 2.05) is 45.0 Å². The first-order chi connectivity index (χ1) is 23.8. The fourth-order valence-electron chi connectivity index (χ4n) is 7.98. The van der Waals surface area contributed by atoms with Crippen LogP contribution in [0.25, 0.3) is 11.1 Å². The topological polar surface area (TPSA) is 0 Å². The second kappa shape index (κ2) is 14.1. The molecule has 0 radical (unpaired) electrons. The highest BCUT2D eigenvalue weighted by atomic mass is 32.1. The van der Waals surface area contributed by atoms with Crippen LogP contribution in [0.15, 0.2) is 60.0 Å². The van der Waals surface area contributed by atoms with Crippen LogP contribution in [0, 0.1) is 6.92 Å². The van der Waals surface area contributed by atoms with Gasteiger partial charge in [-0.1, -0.05) is 101 Å². The van der Waals surface area contributed by atoms with Gasteiger partial charge < -0.3 is 0 Å². The number of rotatable bonds is 15. The van der Waals surface area contributed by atoms with Crippen molar-refractivity contribution >= 4 is 30.4 Å². The van der Waals surface area contributed by atoms with Crippen molar-refractivity contribution in [1.29, 1.82) is 0 Å². The molecule has 3 aromatic rings. The van der Waals surface area contributed by atoms with Gasteiger partial charge in [-0.15, -0.1) is 11.3 Å². The van der Waals surface area contributed by atoms with Crippen molar-refractivity contribution in [1.82, 2.24) is 0 Å². The molecule has 0 N–H and O–H groups in total. The number of allylic oxidation sites excluding steroid dienone is 2. The van der Waals surface area contributed by atoms with E-state index in [0.717, 1.165) is 22.5 Å². The average Bonchev–Trinajstić information content (AvgIpc) is 3.34. The number of thiophene rings is 1. The van der Waals surface area contributed by atoms with Gasteiger partial charge in [0.15, 0.2) is 0 Å². The summed E-state index contributed by atoms with van der Waals surface area (Å²) in [6, 6.07) is 15.8. The van der Waals surface area contributed by atoms with Gasteiger partial charge >= 0.3 is 29.6 Å². The molecule has 2 aliphatic rings. The molecule has 4 atom stereocenters. The molecule has 1 aromatic heterocycles. The fourth-order valence-corrected chi connectivity index (χ4v) is 13.5. The molecule has 5 rings (SSSR count). The molecule has 1 saturated heterocycles. The molecule has 2 aromatic carbocycles. The lowest BCUT2D eigenvalue weighted by molar-refractivity contribution is -0.412. The van der Waals surface area contributed by atoms with E-state index < -0.39 is 54.3 Å². The molecule has 280 valence electrons. The van der Waals surface area contributed by atoms with Gasteiger partial charge in [0.25, 0.3) is 0 Å². The van der Waals surface area contributed by atoms with Crippen LogP contribution in [0.5, 0.6) is 0 Å². The number of hydrogen-bond acceptors (Lipinski definition) is 1. The first-order valence-corrected chi connectivity index (χ1v) is 19.4. The van der Waals surface area contributed by atoms with Gasteiger partial charge in [-0.2, -0.15) is 48.3 Å². The zero-order chi connectivity index (χ0) is 37.8. The van der Waals surface area contributed by atoms with Gasteiger partial charge in [0.05, 0.1) is 0 Å². The van der Waals surface area contributed by atoms with E-state index in [2.05, 4.69) is 0 Å². The van der Waals surface area contributed by atoms with Crippen molar-refractivity contribution in [2.75, 3.05) is 0 Å². The Labute approximate surface area is 296 Å². The SMILES string of the molecule is CCCCCC1(C2C(c3ccccc3CCC)=C(CCC)c3ccccc32)C(c2sccc2C)P1C(F)(F)C(F)(F)C(F)(F)C(F)(F)C(F)(F)F. The summed E-state index contributed by atoms with van der Waals surface area (Å²) in [5.41, 5.74) is -2.80. The van der Waals surface area contributed by atoms with Gasteiger partial charge in [0.1, 0.15) is 0 Å². The predicted octanol–water partition coefficient (Wildman–Crippen LogP) is 14.4. The Morgan fingerprint density at radius 3 is 1.86 bits per heavy atom. The van der Waals surface area contributed by atoms with Crippen LogP contribution in [0.1, 0.15) is 110 Å². The van der Waals surface area contributed by atoms with E-state index >= 15 is 26.3 Å². The quantitative estimate of drug-likeness (QED) is 0.0821. The summed E-state index contributed by atoms with van der Waals surface area (Å²) in [6.07, 6.45) is -3.71. The number of benzene rings is 2. The Balaban J connectivity index is 1.86. The first kappa shape index (κ1) is 39.7. The van der Waals surface area contributed by atoms with Crippen LogP contribution in [0.2, 0.25) is 0 Å². The largest absolute Gasteiger partial charge is 0.460 e. The summed E-state index contributed by atoms with van der Waals surface area (Å²) in [6.45, 7) is 7.29. The Morgan fingerprint density at radius 2 is 1.29 bits per heavy atom. The summed E-state index contributed by atoms with van der Waals surface area (Å²) in [5.74, 6) is -23.0. The summed E-state index contributed by atoms with van der Waals surface area (Å²) in [7, 11) is -3.71. The molecule has 0 spiro atoms. The second-order valence-corrected chi connectivity index (χ2v) is 17.1. The number of halogens is 11. The molecule has 51 heavy (non-hydrogen) atoms. The highest BCUT2D eigenvalue weighted by molar-refractivity contribution is 7.69. The van der Waals surface area contributed by atoms with E-state index in [4.69, 9.17) is 0 Å². The summed E-state index contributed by atoms with van der Waals surface area (Å²) in [4.78, 5) is 0.224. The summed E-state index contributed by atoms with van der Waals surface area (Å²) >= 11 is 0.975. The minimum Gasteiger partial charge on any atom is -0.195 e. The molecule has 4 unspecified atom stereocenters. The van der Waals surface area contributed by atoms with Gasteiger partial charge in [-0.05, 0) is 84.5 Å². The molecule has 0 amide bonds. The van der Waals surface area contributed by atoms with Crippen LogP contribution >= 0.6 is 19.3 Å². The maximum atomic E-state index is 16.9. The molecular weight excluding hydrogens is 728 g/mol. The Bertz CT molecular complexity index is 1740. The van der Waals surface area contributed by atoms with Crippen molar-refractivity contribution in [3.8, 4) is 0 Å². The molecule has 1 aliphatic carbocycles. The average molecular weight is 769 g/mol. The van der Waals surface area contributed by atoms with Gasteiger partial charge in [-0.3, -0.25) is 0 Å². The van der Waals surface area contributed by atoms with Crippen molar-refractivity contribution in [2.45, 2.75) is 125 Å². The molecular formula is C38H40F11PS. The van der Waals surface area contributed by atoms with Crippen molar-refractivity contribution in [2.24, 2.45) is 0 Å². The number of alkyl halides is 11. The number of aryl methyl sites for hydroxylation is 2. The maximum Gasteiger partial charge on any atom is 0.460 e. The van der Waals surface area contributed by atoms with E-state index in [1.165, 1.54) is 0 Å². The zero-order valence-electron chi connectivity index (χ0n) is 28.6. The van der Waals surface area contributed by atoms with Crippen LogP contribution in [0.4, 0.5) is 48.3 Å². The van der Waals surface area contributed by atoms with Gasteiger partial charge in [0, 0.05) is 21.6 Å². The molecule has 2 heterocycles. The smallest absolute Gasteiger partial charge is 0.195 e. The lowest BCUT2D eigenvalue weighted by Crippen LogP contribution is -2.65. The van der Waals surface area contributed by atoms with Crippen LogP contribution in [0.3, 0.4) is 0 Å². The number of hydrogen-bond donors (Lipinski definition) is 0. The zero-order valence-corrected chi connectivity index (χ0v) is 30.3.